The number of hydrogen-bond acceptors (Lipinski definition) is 4. The van der Waals surface area contributed by atoms with E-state index in [1.807, 2.05) is 55.4 Å². The van der Waals surface area contributed by atoms with Gasteiger partial charge in [0.05, 0.1) is 6.21 Å². The minimum Gasteiger partial charge on any atom is -0.378 e. The summed E-state index contributed by atoms with van der Waals surface area (Å²) in [5, 5.41) is 6.25. The fourth-order valence-electron chi connectivity index (χ4n) is 1.67. The first-order chi connectivity index (χ1) is 10.5. The number of nitrogens with zero attached hydrogens (tertiary/aromatic N) is 2. The van der Waals surface area contributed by atoms with Crippen LogP contribution in [0.2, 0.25) is 0 Å². The van der Waals surface area contributed by atoms with Gasteiger partial charge in [-0.05, 0) is 42.0 Å². The second-order valence-corrected chi connectivity index (χ2v) is 5.65. The number of carbonyl (C=O) groups excluding carboxylic acids is 1. The lowest BCUT2D eigenvalue weighted by Crippen LogP contribution is -2.10. The van der Waals surface area contributed by atoms with E-state index in [0.29, 0.717) is 5.69 Å². The lowest BCUT2D eigenvalue weighted by Gasteiger charge is -2.11. The summed E-state index contributed by atoms with van der Waals surface area (Å²) in [5.74, 6) is 0. The maximum Gasteiger partial charge on any atom is 0.437 e. The minimum atomic E-state index is -0.636. The number of oxime groups is 1. The molecule has 2 aromatic rings. The number of rotatable bonds is 4. The zero-order valence-corrected chi connectivity index (χ0v) is 13.9. The first-order valence-electron chi connectivity index (χ1n) is 6.59. The van der Waals surface area contributed by atoms with Crippen LogP contribution >= 0.6 is 15.9 Å². The second kappa shape index (κ2) is 7.61. The van der Waals surface area contributed by atoms with Crippen molar-refractivity contribution in [2.45, 2.75) is 0 Å². The van der Waals surface area contributed by atoms with Gasteiger partial charge in [-0.1, -0.05) is 33.2 Å². The van der Waals surface area contributed by atoms with Gasteiger partial charge in [-0.2, -0.15) is 0 Å². The number of hydrogen-bond donors (Lipinski definition) is 1. The molecule has 114 valence electrons. The number of anilines is 2. The third-order valence-corrected chi connectivity index (χ3v) is 3.37. The van der Waals surface area contributed by atoms with E-state index in [4.69, 9.17) is 4.84 Å². The summed E-state index contributed by atoms with van der Waals surface area (Å²) in [7, 11) is 3.94. The quantitative estimate of drug-likeness (QED) is 0.506. The smallest absolute Gasteiger partial charge is 0.378 e. The van der Waals surface area contributed by atoms with E-state index in [9.17, 15) is 4.79 Å². The number of amides is 1. The molecule has 5 nitrogen and oxygen atoms in total. The molecule has 0 aromatic heterocycles. The second-order valence-electron chi connectivity index (χ2n) is 4.73. The van der Waals surface area contributed by atoms with Crippen LogP contribution in [-0.4, -0.2) is 26.4 Å². The average molecular weight is 362 g/mol. The van der Waals surface area contributed by atoms with E-state index in [2.05, 4.69) is 26.4 Å². The minimum absolute atomic E-state index is 0.636. The molecule has 0 saturated carbocycles. The number of halogens is 1. The number of carbonyl (C=O) groups is 1. The Kier molecular flexibility index (Phi) is 5.55. The van der Waals surface area contributed by atoms with Crippen LogP contribution in [0.1, 0.15) is 5.56 Å². The molecule has 0 atom stereocenters. The molecule has 0 bridgehead atoms. The van der Waals surface area contributed by atoms with Crippen LogP contribution in [0, 0.1) is 0 Å². The Morgan fingerprint density at radius 2 is 1.77 bits per heavy atom. The Hall–Kier alpha value is -2.34. The van der Waals surface area contributed by atoms with Crippen molar-refractivity contribution in [3.8, 4) is 0 Å². The summed E-state index contributed by atoms with van der Waals surface area (Å²) in [6.07, 6.45) is 0.851. The zero-order chi connectivity index (χ0) is 15.9. The van der Waals surface area contributed by atoms with Gasteiger partial charge in [0.25, 0.3) is 0 Å². The highest BCUT2D eigenvalue weighted by Gasteiger charge is 2.02. The average Bonchev–Trinajstić information content (AvgIpc) is 2.50. The topological polar surface area (TPSA) is 53.9 Å². The van der Waals surface area contributed by atoms with Crippen molar-refractivity contribution in [3.63, 3.8) is 0 Å². The van der Waals surface area contributed by atoms with Crippen molar-refractivity contribution in [1.82, 2.24) is 0 Å². The molecule has 0 unspecified atom stereocenters. The van der Waals surface area contributed by atoms with Crippen LogP contribution in [0.3, 0.4) is 0 Å². The summed E-state index contributed by atoms with van der Waals surface area (Å²) >= 11 is 3.32. The molecule has 0 saturated heterocycles. The first kappa shape index (κ1) is 16.0. The summed E-state index contributed by atoms with van der Waals surface area (Å²) in [4.78, 5) is 18.3. The SMILES string of the molecule is CN(C)c1ccc(/C=N/OC(=O)Nc2ccc(Br)cc2)cc1. The highest BCUT2D eigenvalue weighted by Crippen LogP contribution is 2.14. The largest absolute Gasteiger partial charge is 0.437 e. The fraction of sp³-hybridized carbons (Fsp3) is 0.125. The van der Waals surface area contributed by atoms with Gasteiger partial charge < -0.3 is 4.90 Å². The van der Waals surface area contributed by atoms with Crippen LogP contribution in [-0.2, 0) is 4.84 Å². The Labute approximate surface area is 137 Å². The highest BCUT2D eigenvalue weighted by molar-refractivity contribution is 9.10. The van der Waals surface area contributed by atoms with Gasteiger partial charge in [0.2, 0.25) is 0 Å². The van der Waals surface area contributed by atoms with Crippen LogP contribution in [0.5, 0.6) is 0 Å². The number of nitrogens with one attached hydrogen (secondary N) is 1. The molecule has 0 spiro atoms. The maximum atomic E-state index is 11.6. The van der Waals surface area contributed by atoms with Crippen molar-refractivity contribution in [1.29, 1.82) is 0 Å². The molecule has 2 rings (SSSR count). The van der Waals surface area contributed by atoms with E-state index in [0.717, 1.165) is 15.7 Å². The Morgan fingerprint density at radius 3 is 2.36 bits per heavy atom. The van der Waals surface area contributed by atoms with Crippen LogP contribution < -0.4 is 10.2 Å². The molecule has 0 heterocycles. The van der Waals surface area contributed by atoms with E-state index in [-0.39, 0.29) is 0 Å². The van der Waals surface area contributed by atoms with Crippen molar-refractivity contribution < 1.29 is 9.63 Å². The molecule has 1 N–H and O–H groups in total. The zero-order valence-electron chi connectivity index (χ0n) is 12.3. The molecular weight excluding hydrogens is 346 g/mol. The molecule has 0 fully saturated rings. The normalized spacial score (nSPS) is 10.5. The molecular formula is C16H16BrN3O2. The Morgan fingerprint density at radius 1 is 1.14 bits per heavy atom. The third kappa shape index (κ3) is 4.89. The molecule has 0 aliphatic rings. The highest BCUT2D eigenvalue weighted by atomic mass is 79.9. The van der Waals surface area contributed by atoms with E-state index in [1.165, 1.54) is 6.21 Å². The predicted octanol–water partition coefficient (Wildman–Crippen LogP) is 4.10. The Bertz CT molecular complexity index is 652. The standard InChI is InChI=1S/C16H16BrN3O2/c1-20(2)15-9-3-12(4-10-15)11-18-22-16(21)19-14-7-5-13(17)6-8-14/h3-11H,1-2H3,(H,19,21)/b18-11+. The lowest BCUT2D eigenvalue weighted by molar-refractivity contribution is 0.167. The van der Waals surface area contributed by atoms with Crippen LogP contribution in [0.4, 0.5) is 16.2 Å². The Balaban J connectivity index is 1.86. The van der Waals surface area contributed by atoms with E-state index < -0.39 is 6.09 Å². The summed E-state index contributed by atoms with van der Waals surface area (Å²) in [6, 6.07) is 14.9. The molecule has 0 aliphatic heterocycles. The van der Waals surface area contributed by atoms with Gasteiger partial charge in [-0.15, -0.1) is 0 Å². The maximum absolute atomic E-state index is 11.6. The number of benzene rings is 2. The van der Waals surface area contributed by atoms with Crippen molar-refractivity contribution in [2.24, 2.45) is 5.16 Å². The van der Waals surface area contributed by atoms with Gasteiger partial charge in [-0.3, -0.25) is 10.2 Å². The van der Waals surface area contributed by atoms with Gasteiger partial charge in [-0.25, -0.2) is 4.79 Å². The van der Waals surface area contributed by atoms with E-state index in [1.54, 1.807) is 12.1 Å². The molecule has 1 amide bonds. The van der Waals surface area contributed by atoms with Gasteiger partial charge >= 0.3 is 6.09 Å². The van der Waals surface area contributed by atoms with Gasteiger partial charge in [0.15, 0.2) is 0 Å². The fourth-order valence-corrected chi connectivity index (χ4v) is 1.93. The lowest BCUT2D eigenvalue weighted by atomic mass is 10.2. The first-order valence-corrected chi connectivity index (χ1v) is 7.38. The summed E-state index contributed by atoms with van der Waals surface area (Å²) < 4.78 is 0.936. The van der Waals surface area contributed by atoms with Crippen molar-refractivity contribution in [2.75, 3.05) is 24.3 Å². The molecule has 2 aromatic carbocycles. The third-order valence-electron chi connectivity index (χ3n) is 2.84. The van der Waals surface area contributed by atoms with Crippen LogP contribution in [0.25, 0.3) is 0 Å². The molecule has 22 heavy (non-hydrogen) atoms. The molecule has 0 radical (unpaired) electrons. The van der Waals surface area contributed by atoms with E-state index >= 15 is 0 Å². The van der Waals surface area contributed by atoms with Crippen molar-refractivity contribution in [3.05, 3.63) is 58.6 Å². The predicted molar refractivity (Wildman–Crippen MR) is 92.6 cm³/mol. The molecule has 0 aliphatic carbocycles. The molecule has 6 heteroatoms. The van der Waals surface area contributed by atoms with Crippen LogP contribution in [0.15, 0.2) is 58.2 Å². The monoisotopic (exact) mass is 361 g/mol. The van der Waals surface area contributed by atoms with Crippen molar-refractivity contribution >= 4 is 39.6 Å². The summed E-state index contributed by atoms with van der Waals surface area (Å²) in [6.45, 7) is 0. The summed E-state index contributed by atoms with van der Waals surface area (Å²) in [5.41, 5.74) is 2.58. The van der Waals surface area contributed by atoms with Gasteiger partial charge in [0.1, 0.15) is 0 Å². The van der Waals surface area contributed by atoms with Gasteiger partial charge in [0, 0.05) is 29.9 Å².